The highest BCUT2D eigenvalue weighted by Crippen LogP contribution is 2.39. The molecular weight excluding hydrogens is 216 g/mol. The van der Waals surface area contributed by atoms with E-state index in [1.165, 1.54) is 32.2 Å². The summed E-state index contributed by atoms with van der Waals surface area (Å²) in [6.45, 7) is 3.95. The summed E-state index contributed by atoms with van der Waals surface area (Å²) in [7, 11) is 0. The molecule has 4 nitrogen and oxygen atoms in total. The molecule has 17 heavy (non-hydrogen) atoms. The van der Waals surface area contributed by atoms with Gasteiger partial charge in [0.1, 0.15) is 0 Å². The number of hydrogen-bond donors (Lipinski definition) is 1. The zero-order valence-electron chi connectivity index (χ0n) is 10.6. The summed E-state index contributed by atoms with van der Waals surface area (Å²) in [5.74, 6) is -0.206. The molecule has 1 saturated carbocycles. The van der Waals surface area contributed by atoms with Crippen molar-refractivity contribution in [3.05, 3.63) is 0 Å². The molecule has 3 fully saturated rings. The molecule has 2 saturated heterocycles. The summed E-state index contributed by atoms with van der Waals surface area (Å²) < 4.78 is 12.0. The third kappa shape index (κ3) is 2.65. The van der Waals surface area contributed by atoms with Crippen LogP contribution in [0.1, 0.15) is 38.5 Å². The number of likely N-dealkylation sites (tertiary alicyclic amines) is 1. The van der Waals surface area contributed by atoms with Gasteiger partial charge in [-0.05, 0) is 32.2 Å². The zero-order valence-corrected chi connectivity index (χ0v) is 10.6. The molecule has 3 rings (SSSR count). The summed E-state index contributed by atoms with van der Waals surface area (Å²) in [5.41, 5.74) is 6.00. The first-order chi connectivity index (χ1) is 8.26. The monoisotopic (exact) mass is 240 g/mol. The average Bonchev–Trinajstić information content (AvgIpc) is 2.90. The molecule has 0 aromatic rings. The van der Waals surface area contributed by atoms with Gasteiger partial charge in [-0.3, -0.25) is 4.90 Å². The largest absolute Gasteiger partial charge is 0.347 e. The molecule has 2 aliphatic heterocycles. The van der Waals surface area contributed by atoms with Crippen LogP contribution < -0.4 is 5.73 Å². The first kappa shape index (κ1) is 11.9. The van der Waals surface area contributed by atoms with Gasteiger partial charge in [0, 0.05) is 32.0 Å². The zero-order chi connectivity index (χ0) is 11.7. The Morgan fingerprint density at radius 2 is 2.06 bits per heavy atom. The summed E-state index contributed by atoms with van der Waals surface area (Å²) >= 11 is 0. The van der Waals surface area contributed by atoms with Crippen molar-refractivity contribution < 1.29 is 9.47 Å². The summed E-state index contributed by atoms with van der Waals surface area (Å²) in [6, 6.07) is 0.353. The third-order valence-corrected chi connectivity index (χ3v) is 4.28. The van der Waals surface area contributed by atoms with Crippen LogP contribution in [0.2, 0.25) is 0 Å². The van der Waals surface area contributed by atoms with Crippen LogP contribution in [0.3, 0.4) is 0 Å². The molecule has 0 radical (unpaired) electrons. The maximum absolute atomic E-state index is 6.14. The molecule has 2 atom stereocenters. The van der Waals surface area contributed by atoms with Crippen molar-refractivity contribution in [2.75, 3.05) is 26.2 Å². The summed E-state index contributed by atoms with van der Waals surface area (Å²) in [4.78, 5) is 2.44. The minimum absolute atomic E-state index is 0.206. The highest BCUT2D eigenvalue weighted by Gasteiger charge is 2.44. The Bertz CT molecular complexity index is 266. The lowest BCUT2D eigenvalue weighted by molar-refractivity contribution is -0.163. The molecule has 0 aromatic carbocycles. The Hall–Kier alpha value is -0.160. The van der Waals surface area contributed by atoms with Crippen LogP contribution in [0.15, 0.2) is 0 Å². The van der Waals surface area contributed by atoms with Crippen molar-refractivity contribution in [1.82, 2.24) is 4.90 Å². The van der Waals surface area contributed by atoms with Gasteiger partial charge < -0.3 is 15.2 Å². The van der Waals surface area contributed by atoms with Gasteiger partial charge in [-0.1, -0.05) is 0 Å². The van der Waals surface area contributed by atoms with E-state index in [-0.39, 0.29) is 11.9 Å². The number of hydrogen-bond acceptors (Lipinski definition) is 4. The van der Waals surface area contributed by atoms with Crippen molar-refractivity contribution in [2.24, 2.45) is 5.73 Å². The van der Waals surface area contributed by atoms with Gasteiger partial charge in [0.05, 0.1) is 12.7 Å². The molecule has 1 spiro atoms. The van der Waals surface area contributed by atoms with Crippen molar-refractivity contribution in [3.8, 4) is 0 Å². The van der Waals surface area contributed by atoms with E-state index < -0.39 is 0 Å². The summed E-state index contributed by atoms with van der Waals surface area (Å²) in [6.07, 6.45) is 7.33. The first-order valence-electron chi connectivity index (χ1n) is 7.05. The van der Waals surface area contributed by atoms with Gasteiger partial charge in [0.25, 0.3) is 0 Å². The van der Waals surface area contributed by atoms with Gasteiger partial charge in [-0.2, -0.15) is 0 Å². The highest BCUT2D eigenvalue weighted by molar-refractivity contribution is 4.86. The molecule has 98 valence electrons. The molecule has 4 heteroatoms. The smallest absolute Gasteiger partial charge is 0.168 e. The number of rotatable bonds is 2. The SMILES string of the molecule is NC1CCCN(CC2COC3(CCCC3)O2)C1. The van der Waals surface area contributed by atoms with Gasteiger partial charge in [-0.15, -0.1) is 0 Å². The van der Waals surface area contributed by atoms with Crippen LogP contribution in [-0.4, -0.2) is 49.1 Å². The van der Waals surface area contributed by atoms with Crippen molar-refractivity contribution in [1.29, 1.82) is 0 Å². The normalized spacial score (nSPS) is 37.9. The quantitative estimate of drug-likeness (QED) is 0.785. The Morgan fingerprint density at radius 3 is 2.82 bits per heavy atom. The van der Waals surface area contributed by atoms with Crippen LogP contribution in [-0.2, 0) is 9.47 Å². The topological polar surface area (TPSA) is 47.7 Å². The highest BCUT2D eigenvalue weighted by atomic mass is 16.7. The second-order valence-corrected chi connectivity index (χ2v) is 5.83. The number of piperidine rings is 1. The van der Waals surface area contributed by atoms with E-state index in [1.54, 1.807) is 0 Å². The van der Waals surface area contributed by atoms with Crippen molar-refractivity contribution >= 4 is 0 Å². The third-order valence-electron chi connectivity index (χ3n) is 4.28. The van der Waals surface area contributed by atoms with Gasteiger partial charge >= 0.3 is 0 Å². The minimum atomic E-state index is -0.206. The Morgan fingerprint density at radius 1 is 1.24 bits per heavy atom. The Labute approximate surface area is 103 Å². The molecule has 3 aliphatic rings. The molecule has 2 heterocycles. The van der Waals surface area contributed by atoms with Crippen LogP contribution in [0.25, 0.3) is 0 Å². The van der Waals surface area contributed by atoms with E-state index in [0.29, 0.717) is 6.04 Å². The van der Waals surface area contributed by atoms with E-state index in [2.05, 4.69) is 4.90 Å². The van der Waals surface area contributed by atoms with Gasteiger partial charge in [-0.25, -0.2) is 0 Å². The van der Waals surface area contributed by atoms with E-state index in [0.717, 1.165) is 32.5 Å². The lowest BCUT2D eigenvalue weighted by Crippen LogP contribution is -2.46. The van der Waals surface area contributed by atoms with Crippen LogP contribution >= 0.6 is 0 Å². The molecule has 2 N–H and O–H groups in total. The van der Waals surface area contributed by atoms with E-state index in [9.17, 15) is 0 Å². The maximum Gasteiger partial charge on any atom is 0.168 e. The van der Waals surface area contributed by atoms with E-state index in [4.69, 9.17) is 15.2 Å². The number of nitrogens with two attached hydrogens (primary N) is 1. The molecule has 0 aromatic heterocycles. The van der Waals surface area contributed by atoms with Crippen molar-refractivity contribution in [3.63, 3.8) is 0 Å². The fourth-order valence-corrected chi connectivity index (χ4v) is 3.43. The lowest BCUT2D eigenvalue weighted by atomic mass is 10.1. The fraction of sp³-hybridized carbons (Fsp3) is 1.00. The fourth-order valence-electron chi connectivity index (χ4n) is 3.43. The molecular formula is C13H24N2O2. The molecule has 0 amide bonds. The first-order valence-corrected chi connectivity index (χ1v) is 7.05. The van der Waals surface area contributed by atoms with Crippen LogP contribution in [0.4, 0.5) is 0 Å². The predicted molar refractivity (Wildman–Crippen MR) is 65.7 cm³/mol. The predicted octanol–water partition coefficient (Wildman–Crippen LogP) is 1.10. The molecule has 2 unspecified atom stereocenters. The van der Waals surface area contributed by atoms with E-state index >= 15 is 0 Å². The standard InChI is InChI=1S/C13H24N2O2/c14-11-4-3-7-15(8-11)9-12-10-16-13(17-12)5-1-2-6-13/h11-12H,1-10,14H2. The number of nitrogens with zero attached hydrogens (tertiary/aromatic N) is 1. The number of ether oxygens (including phenoxy) is 2. The van der Waals surface area contributed by atoms with Crippen molar-refractivity contribution in [2.45, 2.75) is 56.5 Å². The Balaban J connectivity index is 1.50. The molecule has 0 bridgehead atoms. The van der Waals surface area contributed by atoms with Gasteiger partial charge in [0.15, 0.2) is 5.79 Å². The lowest BCUT2D eigenvalue weighted by Gasteiger charge is -2.32. The van der Waals surface area contributed by atoms with Crippen LogP contribution in [0.5, 0.6) is 0 Å². The average molecular weight is 240 g/mol. The second kappa shape index (κ2) is 4.84. The van der Waals surface area contributed by atoms with Gasteiger partial charge in [0.2, 0.25) is 0 Å². The second-order valence-electron chi connectivity index (χ2n) is 5.83. The minimum Gasteiger partial charge on any atom is -0.347 e. The van der Waals surface area contributed by atoms with Crippen LogP contribution in [0, 0.1) is 0 Å². The maximum atomic E-state index is 6.14. The summed E-state index contributed by atoms with van der Waals surface area (Å²) in [5, 5.41) is 0. The van der Waals surface area contributed by atoms with E-state index in [1.807, 2.05) is 0 Å². The molecule has 1 aliphatic carbocycles. The Kier molecular flexibility index (Phi) is 3.39.